The summed E-state index contributed by atoms with van der Waals surface area (Å²) >= 11 is 0. The number of aromatic nitrogens is 1. The third-order valence-electron chi connectivity index (χ3n) is 4.06. The number of fused-ring (bicyclic) bond motifs is 1. The first-order valence-corrected chi connectivity index (χ1v) is 7.78. The molecular formula is C17H22N2O2. The highest BCUT2D eigenvalue weighted by atomic mass is 16.5. The first-order chi connectivity index (χ1) is 10.3. The Morgan fingerprint density at radius 1 is 1.43 bits per heavy atom. The minimum atomic E-state index is 0.0953. The van der Waals surface area contributed by atoms with Gasteiger partial charge in [0, 0.05) is 35.1 Å². The second-order valence-electron chi connectivity index (χ2n) is 5.67. The van der Waals surface area contributed by atoms with Gasteiger partial charge in [-0.1, -0.05) is 6.92 Å². The summed E-state index contributed by atoms with van der Waals surface area (Å²) in [5.41, 5.74) is 1.78. The van der Waals surface area contributed by atoms with Crippen molar-refractivity contribution in [2.45, 2.75) is 26.2 Å². The number of ketones is 1. The lowest BCUT2D eigenvalue weighted by Crippen LogP contribution is -2.34. The molecule has 112 valence electrons. The summed E-state index contributed by atoms with van der Waals surface area (Å²) in [4.78, 5) is 15.9. The maximum atomic E-state index is 12.7. The van der Waals surface area contributed by atoms with Gasteiger partial charge in [-0.15, -0.1) is 0 Å². The summed E-state index contributed by atoms with van der Waals surface area (Å²) in [5.74, 6) is 1.17. The number of carbonyl (C=O) groups excluding carboxylic acids is 1. The molecule has 0 spiro atoms. The molecule has 21 heavy (non-hydrogen) atoms. The second kappa shape index (κ2) is 6.31. The van der Waals surface area contributed by atoms with Crippen molar-refractivity contribution in [2.24, 2.45) is 5.92 Å². The Labute approximate surface area is 124 Å². The molecule has 1 atom stereocenters. The highest BCUT2D eigenvalue weighted by Crippen LogP contribution is 2.27. The smallest absolute Gasteiger partial charge is 0.169 e. The van der Waals surface area contributed by atoms with E-state index in [1.54, 1.807) is 0 Å². The standard InChI is InChI=1S/C17H22N2O2/c1-2-8-21-13-5-6-16-14(9-13)15(11-19-16)17(20)12-4-3-7-18-10-12/h5-6,9,11-12,18-19H,2-4,7-8,10H2,1H3. The number of H-pyrrole nitrogens is 1. The van der Waals surface area contributed by atoms with Crippen LogP contribution in [0, 0.1) is 5.92 Å². The number of hydrogen-bond acceptors (Lipinski definition) is 3. The number of carbonyl (C=O) groups is 1. The fraction of sp³-hybridized carbons (Fsp3) is 0.471. The molecule has 0 amide bonds. The average Bonchev–Trinajstić information content (AvgIpc) is 2.96. The number of piperidine rings is 1. The van der Waals surface area contributed by atoms with Crippen molar-refractivity contribution in [1.82, 2.24) is 10.3 Å². The number of hydrogen-bond donors (Lipinski definition) is 2. The van der Waals surface area contributed by atoms with Crippen molar-refractivity contribution in [3.05, 3.63) is 30.0 Å². The van der Waals surface area contributed by atoms with Crippen LogP contribution in [0.3, 0.4) is 0 Å². The minimum Gasteiger partial charge on any atom is -0.494 e. The number of Topliss-reactive ketones (excluding diaryl/α,β-unsaturated/α-hetero) is 1. The molecular weight excluding hydrogens is 264 g/mol. The van der Waals surface area contributed by atoms with Crippen molar-refractivity contribution in [3.8, 4) is 5.75 Å². The van der Waals surface area contributed by atoms with Gasteiger partial charge in [0.2, 0.25) is 0 Å². The molecule has 4 heteroatoms. The molecule has 1 fully saturated rings. The largest absolute Gasteiger partial charge is 0.494 e. The molecule has 1 aliphatic heterocycles. The first-order valence-electron chi connectivity index (χ1n) is 7.78. The van der Waals surface area contributed by atoms with E-state index in [4.69, 9.17) is 4.74 Å². The Hall–Kier alpha value is -1.81. The summed E-state index contributed by atoms with van der Waals surface area (Å²) in [6.07, 6.45) is 4.87. The first kappa shape index (κ1) is 14.1. The Balaban J connectivity index is 1.88. The van der Waals surface area contributed by atoms with Gasteiger partial charge in [-0.05, 0) is 44.0 Å². The summed E-state index contributed by atoms with van der Waals surface area (Å²) in [6, 6.07) is 5.91. The fourth-order valence-corrected chi connectivity index (χ4v) is 2.91. The van der Waals surface area contributed by atoms with Gasteiger partial charge in [-0.25, -0.2) is 0 Å². The highest BCUT2D eigenvalue weighted by molar-refractivity contribution is 6.09. The lowest BCUT2D eigenvalue weighted by molar-refractivity contribution is 0.0901. The molecule has 1 unspecified atom stereocenters. The molecule has 2 heterocycles. The van der Waals surface area contributed by atoms with Crippen LogP contribution in [0.1, 0.15) is 36.5 Å². The van der Waals surface area contributed by atoms with Crippen LogP contribution in [0.5, 0.6) is 5.75 Å². The zero-order valence-corrected chi connectivity index (χ0v) is 12.4. The van der Waals surface area contributed by atoms with Crippen molar-refractivity contribution in [3.63, 3.8) is 0 Å². The van der Waals surface area contributed by atoms with Crippen LogP contribution in [0.15, 0.2) is 24.4 Å². The number of aromatic amines is 1. The normalized spacial score (nSPS) is 18.8. The maximum absolute atomic E-state index is 12.7. The summed E-state index contributed by atoms with van der Waals surface area (Å²) in [5, 5.41) is 4.28. The fourth-order valence-electron chi connectivity index (χ4n) is 2.91. The quantitative estimate of drug-likeness (QED) is 0.830. The van der Waals surface area contributed by atoms with Crippen LogP contribution in [-0.2, 0) is 0 Å². The van der Waals surface area contributed by atoms with Crippen LogP contribution in [0.4, 0.5) is 0 Å². The molecule has 2 N–H and O–H groups in total. The van der Waals surface area contributed by atoms with E-state index in [1.165, 1.54) is 0 Å². The van der Waals surface area contributed by atoms with Crippen LogP contribution in [0.2, 0.25) is 0 Å². The molecule has 0 radical (unpaired) electrons. The molecule has 0 saturated carbocycles. The summed E-state index contributed by atoms with van der Waals surface area (Å²) < 4.78 is 5.68. The van der Waals surface area contributed by atoms with Gasteiger partial charge in [-0.2, -0.15) is 0 Å². The van der Waals surface area contributed by atoms with Crippen molar-refractivity contribution < 1.29 is 9.53 Å². The molecule has 1 aliphatic rings. The van der Waals surface area contributed by atoms with E-state index >= 15 is 0 Å². The maximum Gasteiger partial charge on any atom is 0.169 e. The Kier molecular flexibility index (Phi) is 4.25. The van der Waals surface area contributed by atoms with Crippen molar-refractivity contribution in [2.75, 3.05) is 19.7 Å². The van der Waals surface area contributed by atoms with E-state index < -0.39 is 0 Å². The zero-order chi connectivity index (χ0) is 14.7. The number of ether oxygens (including phenoxy) is 1. The molecule has 0 aliphatic carbocycles. The van der Waals surface area contributed by atoms with E-state index in [0.717, 1.165) is 54.6 Å². The van der Waals surface area contributed by atoms with Gasteiger partial charge in [0.15, 0.2) is 5.78 Å². The molecule has 1 aromatic carbocycles. The average molecular weight is 286 g/mol. The summed E-state index contributed by atoms with van der Waals surface area (Å²) in [7, 11) is 0. The van der Waals surface area contributed by atoms with Gasteiger partial charge < -0.3 is 15.0 Å². The Morgan fingerprint density at radius 2 is 2.33 bits per heavy atom. The number of benzene rings is 1. The van der Waals surface area contributed by atoms with Crippen LogP contribution in [0.25, 0.3) is 10.9 Å². The van der Waals surface area contributed by atoms with Crippen LogP contribution in [-0.4, -0.2) is 30.5 Å². The van der Waals surface area contributed by atoms with E-state index in [9.17, 15) is 4.79 Å². The molecule has 1 aromatic heterocycles. The predicted molar refractivity (Wildman–Crippen MR) is 84.0 cm³/mol. The molecule has 3 rings (SSSR count). The molecule has 4 nitrogen and oxygen atoms in total. The topological polar surface area (TPSA) is 54.1 Å². The SMILES string of the molecule is CCCOc1ccc2[nH]cc(C(=O)C3CCCNC3)c2c1. The Bertz CT molecular complexity index is 627. The summed E-state index contributed by atoms with van der Waals surface area (Å²) in [6.45, 7) is 4.59. The predicted octanol–water partition coefficient (Wildman–Crippen LogP) is 3.14. The van der Waals surface area contributed by atoms with E-state index in [-0.39, 0.29) is 11.7 Å². The number of rotatable bonds is 5. The Morgan fingerprint density at radius 3 is 3.10 bits per heavy atom. The minimum absolute atomic E-state index is 0.0953. The zero-order valence-electron chi connectivity index (χ0n) is 12.4. The second-order valence-corrected chi connectivity index (χ2v) is 5.67. The van der Waals surface area contributed by atoms with Crippen LogP contribution >= 0.6 is 0 Å². The molecule has 2 aromatic rings. The van der Waals surface area contributed by atoms with Crippen LogP contribution < -0.4 is 10.1 Å². The van der Waals surface area contributed by atoms with E-state index in [1.807, 2.05) is 24.4 Å². The highest BCUT2D eigenvalue weighted by Gasteiger charge is 2.24. The van der Waals surface area contributed by atoms with Gasteiger partial charge in [0.1, 0.15) is 5.75 Å². The lowest BCUT2D eigenvalue weighted by atomic mass is 9.91. The van der Waals surface area contributed by atoms with E-state index in [0.29, 0.717) is 6.61 Å². The third-order valence-corrected chi connectivity index (χ3v) is 4.06. The monoisotopic (exact) mass is 286 g/mol. The van der Waals surface area contributed by atoms with Crippen molar-refractivity contribution >= 4 is 16.7 Å². The van der Waals surface area contributed by atoms with Gasteiger partial charge >= 0.3 is 0 Å². The third kappa shape index (κ3) is 2.95. The molecule has 1 saturated heterocycles. The molecule has 0 bridgehead atoms. The van der Waals surface area contributed by atoms with Gasteiger partial charge in [0.05, 0.1) is 6.61 Å². The van der Waals surface area contributed by atoms with Crippen molar-refractivity contribution in [1.29, 1.82) is 0 Å². The number of nitrogens with one attached hydrogen (secondary N) is 2. The lowest BCUT2D eigenvalue weighted by Gasteiger charge is -2.21. The van der Waals surface area contributed by atoms with Gasteiger partial charge in [0.25, 0.3) is 0 Å². The van der Waals surface area contributed by atoms with Gasteiger partial charge in [-0.3, -0.25) is 4.79 Å². The van der Waals surface area contributed by atoms with E-state index in [2.05, 4.69) is 17.2 Å².